The summed E-state index contributed by atoms with van der Waals surface area (Å²) in [6.07, 6.45) is 5.95. The highest BCUT2D eigenvalue weighted by Crippen LogP contribution is 2.17. The van der Waals surface area contributed by atoms with E-state index in [0.29, 0.717) is 0 Å². The van der Waals surface area contributed by atoms with Gasteiger partial charge in [-0.15, -0.1) is 0 Å². The standard InChI is InChI=1S/C13H14N3/c1-3-12-11(5-10-16-8-2-9-16)4-7-15-13(12)14-6-1/h1,3-4,6-8H,2,5,9-10H2. The Balaban J connectivity index is 1.84. The van der Waals surface area contributed by atoms with Crippen molar-refractivity contribution in [2.75, 3.05) is 13.1 Å². The molecule has 2 aromatic rings. The molecule has 3 heteroatoms. The molecule has 3 rings (SSSR count). The number of hydrogen-bond donors (Lipinski definition) is 0. The van der Waals surface area contributed by atoms with Crippen molar-refractivity contribution in [2.45, 2.75) is 12.8 Å². The summed E-state index contributed by atoms with van der Waals surface area (Å²) in [7, 11) is 0. The third kappa shape index (κ3) is 1.78. The van der Waals surface area contributed by atoms with E-state index in [1.54, 1.807) is 6.20 Å². The Morgan fingerprint density at radius 2 is 2.06 bits per heavy atom. The molecule has 0 bridgehead atoms. The first-order chi connectivity index (χ1) is 7.93. The molecule has 0 aliphatic carbocycles. The Bertz CT molecular complexity index is 486. The van der Waals surface area contributed by atoms with Crippen LogP contribution in [0, 0.1) is 6.54 Å². The van der Waals surface area contributed by atoms with Crippen molar-refractivity contribution in [3.8, 4) is 0 Å². The fourth-order valence-electron chi connectivity index (χ4n) is 2.03. The van der Waals surface area contributed by atoms with Crippen LogP contribution in [-0.2, 0) is 6.42 Å². The van der Waals surface area contributed by atoms with E-state index in [1.165, 1.54) is 23.9 Å². The zero-order valence-electron chi connectivity index (χ0n) is 9.13. The molecule has 3 heterocycles. The molecular weight excluding hydrogens is 198 g/mol. The van der Waals surface area contributed by atoms with Gasteiger partial charge < -0.3 is 0 Å². The molecule has 0 atom stereocenters. The molecule has 1 aliphatic rings. The lowest BCUT2D eigenvalue weighted by Crippen LogP contribution is -2.33. The maximum absolute atomic E-state index is 4.27. The highest BCUT2D eigenvalue weighted by atomic mass is 15.2. The van der Waals surface area contributed by atoms with Gasteiger partial charge in [0.05, 0.1) is 0 Å². The molecule has 0 amide bonds. The molecule has 0 unspecified atom stereocenters. The van der Waals surface area contributed by atoms with Gasteiger partial charge in [0.25, 0.3) is 0 Å². The van der Waals surface area contributed by atoms with Gasteiger partial charge in [-0.2, -0.15) is 0 Å². The molecule has 1 fully saturated rings. The van der Waals surface area contributed by atoms with Gasteiger partial charge >= 0.3 is 0 Å². The van der Waals surface area contributed by atoms with Crippen LogP contribution in [0.5, 0.6) is 0 Å². The molecule has 0 saturated carbocycles. The van der Waals surface area contributed by atoms with Gasteiger partial charge in [-0.25, -0.2) is 9.97 Å². The van der Waals surface area contributed by atoms with Gasteiger partial charge in [0, 0.05) is 37.4 Å². The van der Waals surface area contributed by atoms with E-state index >= 15 is 0 Å². The van der Waals surface area contributed by atoms with E-state index in [0.717, 1.165) is 18.6 Å². The summed E-state index contributed by atoms with van der Waals surface area (Å²) in [6.45, 7) is 4.58. The summed E-state index contributed by atoms with van der Waals surface area (Å²) in [4.78, 5) is 10.9. The zero-order chi connectivity index (χ0) is 10.8. The molecular formula is C13H14N3. The van der Waals surface area contributed by atoms with Crippen molar-refractivity contribution < 1.29 is 0 Å². The minimum absolute atomic E-state index is 0.854. The Kier molecular flexibility index (Phi) is 2.54. The predicted molar refractivity (Wildman–Crippen MR) is 63.7 cm³/mol. The highest BCUT2D eigenvalue weighted by Gasteiger charge is 2.14. The zero-order valence-corrected chi connectivity index (χ0v) is 9.13. The topological polar surface area (TPSA) is 29.0 Å². The lowest BCUT2D eigenvalue weighted by molar-refractivity contribution is 0.248. The van der Waals surface area contributed by atoms with Gasteiger partial charge in [0.2, 0.25) is 0 Å². The minimum Gasteiger partial charge on any atom is -0.298 e. The molecule has 3 nitrogen and oxygen atoms in total. The number of nitrogens with zero attached hydrogens (tertiary/aromatic N) is 3. The van der Waals surface area contributed by atoms with E-state index < -0.39 is 0 Å². The van der Waals surface area contributed by atoms with Crippen LogP contribution in [-0.4, -0.2) is 28.0 Å². The van der Waals surface area contributed by atoms with E-state index in [9.17, 15) is 0 Å². The van der Waals surface area contributed by atoms with Crippen molar-refractivity contribution in [1.82, 2.24) is 14.9 Å². The second-order valence-corrected chi connectivity index (χ2v) is 4.10. The number of aromatic nitrogens is 2. The average molecular weight is 212 g/mol. The second-order valence-electron chi connectivity index (χ2n) is 4.10. The first-order valence-corrected chi connectivity index (χ1v) is 5.69. The van der Waals surface area contributed by atoms with Gasteiger partial charge in [0.15, 0.2) is 5.65 Å². The fourth-order valence-corrected chi connectivity index (χ4v) is 2.03. The summed E-state index contributed by atoms with van der Waals surface area (Å²) in [5, 5.41) is 1.19. The molecule has 81 valence electrons. The first kappa shape index (κ1) is 9.73. The van der Waals surface area contributed by atoms with Gasteiger partial charge in [-0.1, -0.05) is 0 Å². The van der Waals surface area contributed by atoms with Crippen molar-refractivity contribution in [2.24, 2.45) is 0 Å². The third-order valence-electron chi connectivity index (χ3n) is 3.08. The summed E-state index contributed by atoms with van der Waals surface area (Å²) < 4.78 is 0. The van der Waals surface area contributed by atoms with Crippen molar-refractivity contribution in [3.63, 3.8) is 0 Å². The minimum atomic E-state index is 0.854. The number of likely N-dealkylation sites (tertiary alicyclic amines) is 1. The smallest absolute Gasteiger partial charge is 0.159 e. The van der Waals surface area contributed by atoms with E-state index in [1.807, 2.05) is 12.3 Å². The maximum atomic E-state index is 4.27. The molecule has 0 spiro atoms. The lowest BCUT2D eigenvalue weighted by Gasteiger charge is -2.29. The summed E-state index contributed by atoms with van der Waals surface area (Å²) in [5.74, 6) is 0. The van der Waals surface area contributed by atoms with Crippen LogP contribution in [0.2, 0.25) is 0 Å². The van der Waals surface area contributed by atoms with Crippen LogP contribution >= 0.6 is 0 Å². The molecule has 0 N–H and O–H groups in total. The number of fused-ring (bicyclic) bond motifs is 1. The largest absolute Gasteiger partial charge is 0.298 e. The lowest BCUT2D eigenvalue weighted by atomic mass is 10.1. The van der Waals surface area contributed by atoms with Crippen LogP contribution in [0.4, 0.5) is 0 Å². The normalized spacial score (nSPS) is 16.2. The van der Waals surface area contributed by atoms with Crippen LogP contribution in [0.15, 0.2) is 30.6 Å². The Morgan fingerprint density at radius 1 is 1.19 bits per heavy atom. The second kappa shape index (κ2) is 4.18. The van der Waals surface area contributed by atoms with Crippen molar-refractivity contribution >= 4 is 11.0 Å². The quantitative estimate of drug-likeness (QED) is 0.779. The predicted octanol–water partition coefficient (Wildman–Crippen LogP) is 2.04. The van der Waals surface area contributed by atoms with Crippen LogP contribution in [0.1, 0.15) is 12.0 Å². The highest BCUT2D eigenvalue weighted by molar-refractivity contribution is 5.78. The van der Waals surface area contributed by atoms with Gasteiger partial charge in [-0.05, 0) is 36.6 Å². The van der Waals surface area contributed by atoms with Crippen LogP contribution in [0.25, 0.3) is 11.0 Å². The maximum Gasteiger partial charge on any atom is 0.159 e. The summed E-state index contributed by atoms with van der Waals surface area (Å²) in [6, 6.07) is 6.18. The van der Waals surface area contributed by atoms with Crippen LogP contribution < -0.4 is 0 Å². The van der Waals surface area contributed by atoms with Crippen molar-refractivity contribution in [3.05, 3.63) is 42.7 Å². The monoisotopic (exact) mass is 212 g/mol. The molecule has 2 aromatic heterocycles. The Labute approximate surface area is 95.1 Å². The Morgan fingerprint density at radius 3 is 2.88 bits per heavy atom. The van der Waals surface area contributed by atoms with Crippen molar-refractivity contribution in [1.29, 1.82) is 0 Å². The first-order valence-electron chi connectivity index (χ1n) is 5.69. The molecule has 16 heavy (non-hydrogen) atoms. The van der Waals surface area contributed by atoms with Gasteiger partial charge in [0.1, 0.15) is 0 Å². The van der Waals surface area contributed by atoms with Gasteiger partial charge in [-0.3, -0.25) is 4.90 Å². The van der Waals surface area contributed by atoms with Crippen LogP contribution in [0.3, 0.4) is 0 Å². The Hall–Kier alpha value is -1.48. The SMILES string of the molecule is [CH]1CCN1CCc1ccnc2ncccc12. The number of pyridine rings is 2. The number of hydrogen-bond acceptors (Lipinski definition) is 3. The molecule has 1 radical (unpaired) electrons. The number of rotatable bonds is 3. The molecule has 0 aromatic carbocycles. The fraction of sp³-hybridized carbons (Fsp3) is 0.308. The molecule has 1 saturated heterocycles. The van der Waals surface area contributed by atoms with E-state index in [4.69, 9.17) is 0 Å². The summed E-state index contributed by atoms with van der Waals surface area (Å²) >= 11 is 0. The third-order valence-corrected chi connectivity index (χ3v) is 3.08. The summed E-state index contributed by atoms with van der Waals surface area (Å²) in [5.41, 5.74) is 2.20. The van der Waals surface area contributed by atoms with E-state index in [-0.39, 0.29) is 0 Å². The molecule has 1 aliphatic heterocycles. The van der Waals surface area contributed by atoms with E-state index in [2.05, 4.69) is 33.5 Å². The average Bonchev–Trinajstić information content (AvgIpc) is 2.27.